The maximum absolute atomic E-state index is 10.7. The summed E-state index contributed by atoms with van der Waals surface area (Å²) in [6.07, 6.45) is -0.527. The number of hydrogen-bond donors (Lipinski definition) is 1. The highest BCUT2D eigenvalue weighted by atomic mass is 16.5. The van der Waals surface area contributed by atoms with Gasteiger partial charge >= 0.3 is 0 Å². The van der Waals surface area contributed by atoms with Gasteiger partial charge in [-0.3, -0.25) is 0 Å². The molecule has 0 spiro atoms. The second-order valence-corrected chi connectivity index (χ2v) is 8.20. The van der Waals surface area contributed by atoms with Crippen molar-refractivity contribution in [3.63, 3.8) is 0 Å². The summed E-state index contributed by atoms with van der Waals surface area (Å²) in [4.78, 5) is 0. The van der Waals surface area contributed by atoms with Gasteiger partial charge in [-0.25, -0.2) is 0 Å². The highest BCUT2D eigenvalue weighted by molar-refractivity contribution is 5.44. The number of fused-ring (bicyclic) bond motifs is 1. The lowest BCUT2D eigenvalue weighted by atomic mass is 9.94. The minimum atomic E-state index is -0.621. The lowest BCUT2D eigenvalue weighted by Gasteiger charge is -2.31. The van der Waals surface area contributed by atoms with Crippen LogP contribution in [-0.2, 0) is 19.6 Å². The molecule has 0 fully saturated rings. The van der Waals surface area contributed by atoms with Gasteiger partial charge in [0.15, 0.2) is 0 Å². The molecule has 0 aliphatic carbocycles. The monoisotopic (exact) mass is 438 g/mol. The molecular weight excluding hydrogens is 412 g/mol. The molecule has 1 aliphatic heterocycles. The van der Waals surface area contributed by atoms with Gasteiger partial charge in [0.25, 0.3) is 0 Å². The number of benzene rings is 4. The van der Waals surface area contributed by atoms with E-state index < -0.39 is 12.2 Å². The average molecular weight is 439 g/mol. The van der Waals surface area contributed by atoms with Crippen LogP contribution in [0.4, 0.5) is 0 Å². The van der Waals surface area contributed by atoms with E-state index in [-0.39, 0.29) is 0 Å². The van der Waals surface area contributed by atoms with Gasteiger partial charge in [-0.05, 0) is 40.5 Å². The van der Waals surface area contributed by atoms with Gasteiger partial charge < -0.3 is 19.3 Å². The Kier molecular flexibility index (Phi) is 6.27. The van der Waals surface area contributed by atoms with E-state index in [1.165, 1.54) is 0 Å². The molecule has 2 atom stereocenters. The molecular formula is C29H26O4. The molecule has 5 rings (SSSR count). The van der Waals surface area contributed by atoms with Crippen molar-refractivity contribution >= 4 is 0 Å². The van der Waals surface area contributed by atoms with E-state index >= 15 is 0 Å². The van der Waals surface area contributed by atoms with Crippen LogP contribution in [0.2, 0.25) is 0 Å². The summed E-state index contributed by atoms with van der Waals surface area (Å²) in [6.45, 7) is 1.01. The van der Waals surface area contributed by atoms with Crippen molar-refractivity contribution < 1.29 is 19.3 Å². The van der Waals surface area contributed by atoms with Crippen molar-refractivity contribution in [1.29, 1.82) is 0 Å². The molecule has 4 heteroatoms. The van der Waals surface area contributed by atoms with Crippen molar-refractivity contribution in [2.24, 2.45) is 0 Å². The third-order valence-electron chi connectivity index (χ3n) is 5.78. The molecule has 0 aromatic heterocycles. The summed E-state index contributed by atoms with van der Waals surface area (Å²) in [5.74, 6) is 2.28. The highest BCUT2D eigenvalue weighted by Gasteiger charge is 2.30. The minimum Gasteiger partial charge on any atom is -0.489 e. The normalized spacial score (nSPS) is 17.0. The summed E-state index contributed by atoms with van der Waals surface area (Å²) >= 11 is 0. The summed E-state index contributed by atoms with van der Waals surface area (Å²) in [5, 5.41) is 10.7. The van der Waals surface area contributed by atoms with Crippen LogP contribution < -0.4 is 14.2 Å². The van der Waals surface area contributed by atoms with Gasteiger partial charge in [0, 0.05) is 12.5 Å². The fourth-order valence-electron chi connectivity index (χ4n) is 3.98. The van der Waals surface area contributed by atoms with Crippen LogP contribution in [0.3, 0.4) is 0 Å². The van der Waals surface area contributed by atoms with Gasteiger partial charge in [0.2, 0.25) is 0 Å². The Labute approximate surface area is 194 Å². The van der Waals surface area contributed by atoms with E-state index in [9.17, 15) is 5.11 Å². The molecule has 0 saturated heterocycles. The zero-order chi connectivity index (χ0) is 22.5. The topological polar surface area (TPSA) is 47.9 Å². The number of hydrogen-bond acceptors (Lipinski definition) is 4. The Morgan fingerprint density at radius 2 is 1.27 bits per heavy atom. The lowest BCUT2D eigenvalue weighted by molar-refractivity contribution is 0.0205. The maximum Gasteiger partial charge on any atom is 0.150 e. The molecule has 0 bridgehead atoms. The number of ether oxygens (including phenoxy) is 3. The largest absolute Gasteiger partial charge is 0.489 e. The van der Waals surface area contributed by atoms with Crippen molar-refractivity contribution in [3.8, 4) is 17.2 Å². The first-order valence-electron chi connectivity index (χ1n) is 11.2. The predicted octanol–water partition coefficient (Wildman–Crippen LogP) is 5.88. The average Bonchev–Trinajstić information content (AvgIpc) is 2.87. The standard InChI is InChI=1S/C29H26O4/c30-27-17-24-13-16-26(32-20-22-9-5-2-6-10-22)18-28(24)33-29(27)23-11-14-25(15-12-23)31-19-21-7-3-1-4-8-21/h1-16,18,27,29-30H,17,19-20H2/t27-,29+/m0/s1. The van der Waals surface area contributed by atoms with Gasteiger partial charge in [0.05, 0.1) is 6.10 Å². The molecule has 4 aromatic carbocycles. The van der Waals surface area contributed by atoms with Crippen molar-refractivity contribution in [1.82, 2.24) is 0 Å². The van der Waals surface area contributed by atoms with Gasteiger partial charge in [-0.2, -0.15) is 0 Å². The van der Waals surface area contributed by atoms with E-state index in [2.05, 4.69) is 0 Å². The molecule has 0 unspecified atom stereocenters. The number of aliphatic hydroxyl groups excluding tert-OH is 1. The van der Waals surface area contributed by atoms with E-state index in [1.807, 2.05) is 103 Å². The third-order valence-corrected chi connectivity index (χ3v) is 5.78. The Bertz CT molecular complexity index is 1170. The van der Waals surface area contributed by atoms with Crippen molar-refractivity contribution in [2.45, 2.75) is 31.8 Å². The quantitative estimate of drug-likeness (QED) is 0.391. The van der Waals surface area contributed by atoms with Crippen LogP contribution in [0.1, 0.15) is 28.4 Å². The third kappa shape index (κ3) is 5.18. The summed E-state index contributed by atoms with van der Waals surface area (Å²) < 4.78 is 18.0. The van der Waals surface area contributed by atoms with E-state index in [1.54, 1.807) is 0 Å². The van der Waals surface area contributed by atoms with Gasteiger partial charge in [-0.1, -0.05) is 78.9 Å². The zero-order valence-electron chi connectivity index (χ0n) is 18.3. The van der Waals surface area contributed by atoms with Crippen LogP contribution in [0.5, 0.6) is 17.2 Å². The summed E-state index contributed by atoms with van der Waals surface area (Å²) in [5.41, 5.74) is 4.12. The maximum atomic E-state index is 10.7. The first kappa shape index (κ1) is 21.1. The Morgan fingerprint density at radius 1 is 0.697 bits per heavy atom. The Morgan fingerprint density at radius 3 is 1.91 bits per heavy atom. The predicted molar refractivity (Wildman–Crippen MR) is 128 cm³/mol. The van der Waals surface area contributed by atoms with E-state index in [0.717, 1.165) is 39.5 Å². The van der Waals surface area contributed by atoms with Gasteiger partial charge in [0.1, 0.15) is 36.6 Å². The highest BCUT2D eigenvalue weighted by Crippen LogP contribution is 2.37. The SMILES string of the molecule is O[C@H]1Cc2ccc(OCc3ccccc3)cc2O[C@@H]1c1ccc(OCc2ccccc2)cc1. The first-order valence-corrected chi connectivity index (χ1v) is 11.2. The molecule has 1 heterocycles. The van der Waals surface area contributed by atoms with Gasteiger partial charge in [-0.15, -0.1) is 0 Å². The second-order valence-electron chi connectivity index (χ2n) is 8.20. The van der Waals surface area contributed by atoms with Crippen LogP contribution >= 0.6 is 0 Å². The first-order chi connectivity index (χ1) is 16.2. The Balaban J connectivity index is 1.25. The molecule has 0 saturated carbocycles. The molecule has 166 valence electrons. The molecule has 1 N–H and O–H groups in total. The minimum absolute atomic E-state index is 0.440. The number of rotatable bonds is 7. The molecule has 4 nitrogen and oxygen atoms in total. The lowest BCUT2D eigenvalue weighted by Crippen LogP contribution is -2.30. The van der Waals surface area contributed by atoms with Crippen LogP contribution in [0, 0.1) is 0 Å². The van der Waals surface area contributed by atoms with Crippen LogP contribution in [0.15, 0.2) is 103 Å². The summed E-state index contributed by atoms with van der Waals surface area (Å²) in [6, 6.07) is 33.7. The Hall–Kier alpha value is -3.76. The molecule has 1 aliphatic rings. The molecule has 33 heavy (non-hydrogen) atoms. The zero-order valence-corrected chi connectivity index (χ0v) is 18.3. The fraction of sp³-hybridized carbons (Fsp3) is 0.172. The van der Waals surface area contributed by atoms with Crippen LogP contribution in [0.25, 0.3) is 0 Å². The molecule has 0 radical (unpaired) electrons. The van der Waals surface area contributed by atoms with Crippen LogP contribution in [-0.4, -0.2) is 11.2 Å². The molecule has 4 aromatic rings. The second kappa shape index (κ2) is 9.80. The van der Waals surface area contributed by atoms with Crippen molar-refractivity contribution in [2.75, 3.05) is 0 Å². The van der Waals surface area contributed by atoms with Crippen molar-refractivity contribution in [3.05, 3.63) is 125 Å². The fourth-order valence-corrected chi connectivity index (χ4v) is 3.98. The molecule has 0 amide bonds. The number of aliphatic hydroxyl groups is 1. The van der Waals surface area contributed by atoms with E-state index in [0.29, 0.717) is 19.6 Å². The summed E-state index contributed by atoms with van der Waals surface area (Å²) in [7, 11) is 0. The van der Waals surface area contributed by atoms with E-state index in [4.69, 9.17) is 14.2 Å². The smallest absolute Gasteiger partial charge is 0.150 e.